The summed E-state index contributed by atoms with van der Waals surface area (Å²) >= 11 is 0. The zero-order chi connectivity index (χ0) is 15.1. The third kappa shape index (κ3) is 4.86. The van der Waals surface area contributed by atoms with Crippen molar-refractivity contribution in [2.45, 2.75) is 25.2 Å². The molecule has 1 amide bonds. The van der Waals surface area contributed by atoms with Gasteiger partial charge in [-0.1, -0.05) is 30.3 Å². The molecule has 1 fully saturated rings. The molecular formula is C16H22N2O3. The number of aliphatic carboxylic acids is 1. The van der Waals surface area contributed by atoms with Gasteiger partial charge in [-0.05, 0) is 37.4 Å². The standard InChI is InChI=1S/C16H22N2O3/c19-15(9-12-5-4-8-17-10-12)18-11-14(16(20)21)13-6-2-1-3-7-13/h1-3,6-7,12,14,17H,4-5,8-11H2,(H,18,19)(H,20,21). The molecule has 1 aromatic rings. The first kappa shape index (κ1) is 15.5. The highest BCUT2D eigenvalue weighted by molar-refractivity contribution is 5.79. The van der Waals surface area contributed by atoms with E-state index in [4.69, 9.17) is 0 Å². The summed E-state index contributed by atoms with van der Waals surface area (Å²) in [6.07, 6.45) is 2.62. The fourth-order valence-corrected chi connectivity index (χ4v) is 2.68. The van der Waals surface area contributed by atoms with Crippen molar-refractivity contribution in [1.29, 1.82) is 0 Å². The average Bonchev–Trinajstić information content (AvgIpc) is 2.49. The van der Waals surface area contributed by atoms with Crippen LogP contribution >= 0.6 is 0 Å². The molecule has 2 atom stereocenters. The summed E-state index contributed by atoms with van der Waals surface area (Å²) < 4.78 is 0. The highest BCUT2D eigenvalue weighted by Gasteiger charge is 2.22. The summed E-state index contributed by atoms with van der Waals surface area (Å²) in [6.45, 7) is 2.03. The molecule has 0 aliphatic carbocycles. The Bertz CT molecular complexity index is 470. The van der Waals surface area contributed by atoms with Gasteiger partial charge in [-0.3, -0.25) is 9.59 Å². The van der Waals surface area contributed by atoms with Gasteiger partial charge < -0.3 is 15.7 Å². The van der Waals surface area contributed by atoms with Crippen molar-refractivity contribution in [3.05, 3.63) is 35.9 Å². The maximum atomic E-state index is 11.9. The lowest BCUT2D eigenvalue weighted by atomic mass is 9.95. The van der Waals surface area contributed by atoms with Crippen molar-refractivity contribution in [2.75, 3.05) is 19.6 Å². The predicted molar refractivity (Wildman–Crippen MR) is 80.0 cm³/mol. The number of hydrogen-bond donors (Lipinski definition) is 3. The minimum Gasteiger partial charge on any atom is -0.481 e. The van der Waals surface area contributed by atoms with Crippen LogP contribution in [0.15, 0.2) is 30.3 Å². The van der Waals surface area contributed by atoms with E-state index in [9.17, 15) is 14.7 Å². The van der Waals surface area contributed by atoms with Crippen molar-refractivity contribution >= 4 is 11.9 Å². The lowest BCUT2D eigenvalue weighted by molar-refractivity contribution is -0.138. The van der Waals surface area contributed by atoms with E-state index >= 15 is 0 Å². The van der Waals surface area contributed by atoms with E-state index in [-0.39, 0.29) is 12.5 Å². The van der Waals surface area contributed by atoms with Gasteiger partial charge in [0.05, 0.1) is 5.92 Å². The number of carbonyl (C=O) groups is 2. The van der Waals surface area contributed by atoms with Crippen molar-refractivity contribution in [2.24, 2.45) is 5.92 Å². The molecule has 2 unspecified atom stereocenters. The first-order chi connectivity index (χ1) is 10.2. The van der Waals surface area contributed by atoms with Crippen LogP contribution in [0.1, 0.15) is 30.7 Å². The summed E-state index contributed by atoms with van der Waals surface area (Å²) in [5.41, 5.74) is 0.713. The average molecular weight is 290 g/mol. The fourth-order valence-electron chi connectivity index (χ4n) is 2.68. The topological polar surface area (TPSA) is 78.4 Å². The van der Waals surface area contributed by atoms with Gasteiger partial charge in [0.2, 0.25) is 5.91 Å². The molecule has 0 radical (unpaired) electrons. The predicted octanol–water partition coefficient (Wildman–Crippen LogP) is 1.36. The fraction of sp³-hybridized carbons (Fsp3) is 0.500. The van der Waals surface area contributed by atoms with Crippen LogP contribution in [-0.4, -0.2) is 36.6 Å². The van der Waals surface area contributed by atoms with Crippen molar-refractivity contribution in [3.63, 3.8) is 0 Å². The Kier molecular flexibility index (Phi) is 5.75. The second-order valence-corrected chi connectivity index (χ2v) is 5.52. The second kappa shape index (κ2) is 7.78. The number of carboxylic acid groups (broad SMARTS) is 1. The number of benzene rings is 1. The van der Waals surface area contributed by atoms with Crippen LogP contribution in [0.5, 0.6) is 0 Å². The van der Waals surface area contributed by atoms with Gasteiger partial charge in [0.15, 0.2) is 0 Å². The number of carbonyl (C=O) groups excluding carboxylic acids is 1. The number of amides is 1. The SMILES string of the molecule is O=C(CC1CCCNC1)NCC(C(=O)O)c1ccccc1. The van der Waals surface area contributed by atoms with E-state index in [1.165, 1.54) is 0 Å². The Morgan fingerprint density at radius 3 is 2.71 bits per heavy atom. The summed E-state index contributed by atoms with van der Waals surface area (Å²) in [6, 6.07) is 9.00. The minimum absolute atomic E-state index is 0.0640. The normalized spacial score (nSPS) is 19.7. The lowest BCUT2D eigenvalue weighted by Gasteiger charge is -2.22. The summed E-state index contributed by atoms with van der Waals surface area (Å²) in [5, 5.41) is 15.3. The van der Waals surface area contributed by atoms with Crippen LogP contribution in [0.4, 0.5) is 0 Å². The van der Waals surface area contributed by atoms with Gasteiger partial charge in [0.1, 0.15) is 0 Å². The molecule has 0 saturated carbocycles. The lowest BCUT2D eigenvalue weighted by Crippen LogP contribution is -2.36. The number of hydrogen-bond acceptors (Lipinski definition) is 3. The smallest absolute Gasteiger partial charge is 0.312 e. The van der Waals surface area contributed by atoms with Crippen LogP contribution in [0.3, 0.4) is 0 Å². The largest absolute Gasteiger partial charge is 0.481 e. The van der Waals surface area contributed by atoms with Crippen LogP contribution in [0.2, 0.25) is 0 Å². The summed E-state index contributed by atoms with van der Waals surface area (Å²) in [5.74, 6) is -1.31. The molecule has 0 bridgehead atoms. The molecule has 1 heterocycles. The van der Waals surface area contributed by atoms with E-state index < -0.39 is 11.9 Å². The summed E-state index contributed by atoms with van der Waals surface area (Å²) in [4.78, 5) is 23.3. The van der Waals surface area contributed by atoms with E-state index in [2.05, 4.69) is 10.6 Å². The number of nitrogens with one attached hydrogen (secondary N) is 2. The van der Waals surface area contributed by atoms with Gasteiger partial charge in [0, 0.05) is 13.0 Å². The molecular weight excluding hydrogens is 268 g/mol. The highest BCUT2D eigenvalue weighted by Crippen LogP contribution is 2.16. The molecule has 0 spiro atoms. The Hall–Kier alpha value is -1.88. The molecule has 1 saturated heterocycles. The summed E-state index contributed by atoms with van der Waals surface area (Å²) in [7, 11) is 0. The van der Waals surface area contributed by atoms with E-state index in [1.807, 2.05) is 6.07 Å². The third-order valence-electron chi connectivity index (χ3n) is 3.88. The molecule has 0 aromatic heterocycles. The second-order valence-electron chi connectivity index (χ2n) is 5.52. The number of carboxylic acids is 1. The number of rotatable bonds is 6. The monoisotopic (exact) mass is 290 g/mol. The molecule has 2 rings (SSSR count). The zero-order valence-corrected chi connectivity index (χ0v) is 12.0. The van der Waals surface area contributed by atoms with Crippen molar-refractivity contribution in [3.8, 4) is 0 Å². The third-order valence-corrected chi connectivity index (χ3v) is 3.88. The highest BCUT2D eigenvalue weighted by atomic mass is 16.4. The molecule has 3 N–H and O–H groups in total. The van der Waals surface area contributed by atoms with Crippen molar-refractivity contribution in [1.82, 2.24) is 10.6 Å². The van der Waals surface area contributed by atoms with Crippen LogP contribution in [-0.2, 0) is 9.59 Å². The molecule has 5 nitrogen and oxygen atoms in total. The van der Waals surface area contributed by atoms with Gasteiger partial charge in [-0.25, -0.2) is 0 Å². The van der Waals surface area contributed by atoms with Gasteiger partial charge in [-0.15, -0.1) is 0 Å². The van der Waals surface area contributed by atoms with Crippen LogP contribution in [0.25, 0.3) is 0 Å². The Labute approximate surface area is 124 Å². The number of piperidine rings is 1. The van der Waals surface area contributed by atoms with E-state index in [1.54, 1.807) is 24.3 Å². The van der Waals surface area contributed by atoms with Crippen molar-refractivity contribution < 1.29 is 14.7 Å². The first-order valence-corrected chi connectivity index (χ1v) is 7.42. The molecule has 1 aliphatic heterocycles. The maximum Gasteiger partial charge on any atom is 0.312 e. The van der Waals surface area contributed by atoms with Gasteiger partial charge in [-0.2, -0.15) is 0 Å². The Morgan fingerprint density at radius 1 is 1.33 bits per heavy atom. The zero-order valence-electron chi connectivity index (χ0n) is 12.0. The quantitative estimate of drug-likeness (QED) is 0.739. The van der Waals surface area contributed by atoms with Gasteiger partial charge in [0.25, 0.3) is 0 Å². The molecule has 114 valence electrons. The maximum absolute atomic E-state index is 11.9. The van der Waals surface area contributed by atoms with Crippen LogP contribution < -0.4 is 10.6 Å². The van der Waals surface area contributed by atoms with E-state index in [0.29, 0.717) is 17.9 Å². The molecule has 1 aliphatic rings. The van der Waals surface area contributed by atoms with Crippen LogP contribution in [0, 0.1) is 5.92 Å². The molecule has 21 heavy (non-hydrogen) atoms. The Morgan fingerprint density at radius 2 is 2.10 bits per heavy atom. The Balaban J connectivity index is 1.84. The van der Waals surface area contributed by atoms with E-state index in [0.717, 1.165) is 25.9 Å². The minimum atomic E-state index is -0.916. The first-order valence-electron chi connectivity index (χ1n) is 7.42. The molecule has 5 heteroatoms. The molecule has 1 aromatic carbocycles. The van der Waals surface area contributed by atoms with Gasteiger partial charge >= 0.3 is 5.97 Å².